The number of halogens is 2. The van der Waals surface area contributed by atoms with Crippen molar-refractivity contribution in [3.8, 4) is 0 Å². The number of amides is 2. The molecule has 3 heterocycles. The van der Waals surface area contributed by atoms with Crippen LogP contribution in [0.1, 0.15) is 32.1 Å². The third kappa shape index (κ3) is 5.20. The second-order valence-electron chi connectivity index (χ2n) is 7.85. The molecule has 3 aliphatic heterocycles. The molecule has 9 heteroatoms. The Hall–Kier alpha value is -2.29. The van der Waals surface area contributed by atoms with E-state index in [1.165, 1.54) is 6.08 Å². The molecule has 3 saturated heterocycles. The van der Waals surface area contributed by atoms with Crippen LogP contribution in [0, 0.1) is 11.8 Å². The summed E-state index contributed by atoms with van der Waals surface area (Å²) in [4.78, 5) is 36.4. The van der Waals surface area contributed by atoms with Gasteiger partial charge in [0.25, 0.3) is 5.92 Å². The van der Waals surface area contributed by atoms with E-state index < -0.39 is 42.2 Å². The van der Waals surface area contributed by atoms with E-state index in [-0.39, 0.29) is 31.4 Å². The van der Waals surface area contributed by atoms with Gasteiger partial charge in [0, 0.05) is 49.4 Å². The van der Waals surface area contributed by atoms with Crippen LogP contribution < -0.4 is 16.0 Å². The summed E-state index contributed by atoms with van der Waals surface area (Å²) in [6.45, 7) is 4.35. The van der Waals surface area contributed by atoms with Gasteiger partial charge < -0.3 is 20.7 Å². The van der Waals surface area contributed by atoms with Crippen LogP contribution in [0.5, 0.6) is 0 Å². The van der Waals surface area contributed by atoms with Crippen LogP contribution in [0.25, 0.3) is 0 Å². The molecule has 1 unspecified atom stereocenters. The van der Waals surface area contributed by atoms with E-state index in [1.807, 2.05) is 0 Å². The number of carbonyl (C=O) groups excluding carboxylic acids is 3. The van der Waals surface area contributed by atoms with Gasteiger partial charge in [-0.2, -0.15) is 0 Å². The lowest BCUT2D eigenvalue weighted by molar-refractivity contribution is -0.135. The van der Waals surface area contributed by atoms with Crippen LogP contribution in [0.3, 0.4) is 0 Å². The standard InChI is InChI=1S/C20H27F2N3O4/c1-2-3-14-11-24-16(10-20(14,21)22)18(27)25-15(8-12-4-6-23-17(12)26)9-13-5-7-29-19(13)28/h2,9,12,14-16,24H,1,3-8,10-11H2,(H,23,26)(H,25,27)/b13-9-/t12-,14?,15-,16-/m0/s1. The zero-order valence-corrected chi connectivity index (χ0v) is 16.2. The number of cyclic esters (lactones) is 1. The fraction of sp³-hybridized carbons (Fsp3) is 0.650. The Labute approximate surface area is 168 Å². The highest BCUT2D eigenvalue weighted by atomic mass is 19.3. The summed E-state index contributed by atoms with van der Waals surface area (Å²) in [6.07, 6.45) is 3.97. The maximum atomic E-state index is 14.4. The van der Waals surface area contributed by atoms with E-state index in [0.717, 1.165) is 0 Å². The Bertz CT molecular complexity index is 710. The molecular formula is C20H27F2N3O4. The number of esters is 1. The molecule has 0 aliphatic carbocycles. The number of allylic oxidation sites excluding steroid dienone is 1. The normalized spacial score (nSPS) is 31.2. The summed E-state index contributed by atoms with van der Waals surface area (Å²) < 4.78 is 33.7. The summed E-state index contributed by atoms with van der Waals surface area (Å²) in [6, 6.07) is -1.65. The first-order chi connectivity index (χ1) is 13.8. The van der Waals surface area contributed by atoms with E-state index in [1.54, 1.807) is 6.08 Å². The number of hydrogen-bond acceptors (Lipinski definition) is 5. The van der Waals surface area contributed by atoms with Crippen molar-refractivity contribution in [3.05, 3.63) is 24.3 Å². The van der Waals surface area contributed by atoms with Crippen molar-refractivity contribution in [2.24, 2.45) is 11.8 Å². The molecule has 2 amide bonds. The second kappa shape index (κ2) is 9.02. The number of nitrogens with one attached hydrogen (secondary N) is 3. The predicted molar refractivity (Wildman–Crippen MR) is 101 cm³/mol. The smallest absolute Gasteiger partial charge is 0.333 e. The SMILES string of the molecule is C=CCC1CN[C@H](C(=O)N[C@H](/C=C2/CCOC2=O)C[C@@H]2CCNC2=O)CC1(F)F. The van der Waals surface area contributed by atoms with Crippen LogP contribution in [-0.4, -0.2) is 55.5 Å². The monoisotopic (exact) mass is 411 g/mol. The minimum atomic E-state index is -2.98. The summed E-state index contributed by atoms with van der Waals surface area (Å²) in [5, 5.41) is 8.37. The van der Waals surface area contributed by atoms with Crippen molar-refractivity contribution in [1.82, 2.24) is 16.0 Å². The predicted octanol–water partition coefficient (Wildman–Crippen LogP) is 1.06. The largest absolute Gasteiger partial charge is 0.462 e. The lowest BCUT2D eigenvalue weighted by atomic mass is 9.87. The topological polar surface area (TPSA) is 96.5 Å². The molecular weight excluding hydrogens is 384 g/mol. The summed E-state index contributed by atoms with van der Waals surface area (Å²) in [7, 11) is 0. The molecule has 160 valence electrons. The van der Waals surface area contributed by atoms with Crippen molar-refractivity contribution in [2.45, 2.75) is 50.1 Å². The number of carbonyl (C=O) groups is 3. The molecule has 7 nitrogen and oxygen atoms in total. The first-order valence-electron chi connectivity index (χ1n) is 9.98. The number of rotatable bonds is 7. The van der Waals surface area contributed by atoms with Gasteiger partial charge in [0.2, 0.25) is 11.8 Å². The van der Waals surface area contributed by atoms with Crippen LogP contribution in [0.4, 0.5) is 8.78 Å². The molecule has 4 atom stereocenters. The Morgan fingerprint density at radius 2 is 2.21 bits per heavy atom. The molecule has 0 aromatic heterocycles. The summed E-state index contributed by atoms with van der Waals surface area (Å²) in [5.41, 5.74) is 0.432. The third-order valence-corrected chi connectivity index (χ3v) is 5.75. The number of hydrogen-bond donors (Lipinski definition) is 3. The second-order valence-corrected chi connectivity index (χ2v) is 7.85. The van der Waals surface area contributed by atoms with Gasteiger partial charge >= 0.3 is 5.97 Å². The van der Waals surface area contributed by atoms with Gasteiger partial charge in [0.15, 0.2) is 0 Å². The lowest BCUT2D eigenvalue weighted by Crippen LogP contribution is -2.57. The van der Waals surface area contributed by atoms with Gasteiger partial charge in [-0.15, -0.1) is 6.58 Å². The van der Waals surface area contributed by atoms with Gasteiger partial charge in [-0.05, 0) is 19.3 Å². The first kappa shape index (κ1) is 21.4. The molecule has 29 heavy (non-hydrogen) atoms. The number of piperidine rings is 1. The summed E-state index contributed by atoms with van der Waals surface area (Å²) in [5.74, 6) is -5.28. The molecule has 0 radical (unpaired) electrons. The van der Waals surface area contributed by atoms with E-state index >= 15 is 0 Å². The maximum absolute atomic E-state index is 14.4. The minimum absolute atomic E-state index is 0.0141. The van der Waals surface area contributed by atoms with Gasteiger partial charge in [-0.3, -0.25) is 9.59 Å². The Balaban J connectivity index is 1.68. The third-order valence-electron chi connectivity index (χ3n) is 5.75. The maximum Gasteiger partial charge on any atom is 0.333 e. The highest BCUT2D eigenvalue weighted by Gasteiger charge is 2.46. The Morgan fingerprint density at radius 3 is 2.79 bits per heavy atom. The van der Waals surface area contributed by atoms with E-state index in [9.17, 15) is 23.2 Å². The van der Waals surface area contributed by atoms with E-state index in [2.05, 4.69) is 22.5 Å². The summed E-state index contributed by atoms with van der Waals surface area (Å²) >= 11 is 0. The minimum Gasteiger partial charge on any atom is -0.462 e. The Morgan fingerprint density at radius 1 is 1.41 bits per heavy atom. The van der Waals surface area contributed by atoms with Gasteiger partial charge in [0.05, 0.1) is 12.6 Å². The van der Waals surface area contributed by atoms with Crippen molar-refractivity contribution in [3.63, 3.8) is 0 Å². The van der Waals surface area contributed by atoms with Crippen LogP contribution in [0.15, 0.2) is 24.3 Å². The fourth-order valence-corrected chi connectivity index (χ4v) is 4.06. The lowest BCUT2D eigenvalue weighted by Gasteiger charge is -2.36. The van der Waals surface area contributed by atoms with Crippen LogP contribution >= 0.6 is 0 Å². The first-order valence-corrected chi connectivity index (χ1v) is 9.98. The molecule has 0 aromatic carbocycles. The molecule has 3 N–H and O–H groups in total. The van der Waals surface area contributed by atoms with E-state index in [4.69, 9.17) is 4.74 Å². The molecule has 0 spiro atoms. The molecule has 3 rings (SSSR count). The van der Waals surface area contributed by atoms with Gasteiger partial charge in [0.1, 0.15) is 0 Å². The zero-order chi connectivity index (χ0) is 21.0. The highest BCUT2D eigenvalue weighted by molar-refractivity contribution is 5.90. The quantitative estimate of drug-likeness (QED) is 0.331. The van der Waals surface area contributed by atoms with E-state index in [0.29, 0.717) is 31.4 Å². The van der Waals surface area contributed by atoms with Crippen molar-refractivity contribution in [2.75, 3.05) is 19.7 Å². The van der Waals surface area contributed by atoms with Gasteiger partial charge in [-0.1, -0.05) is 12.2 Å². The highest BCUT2D eigenvalue weighted by Crippen LogP contribution is 2.35. The molecule has 0 saturated carbocycles. The Kier molecular flexibility index (Phi) is 6.66. The molecule has 3 aliphatic rings. The van der Waals surface area contributed by atoms with Crippen LogP contribution in [0.2, 0.25) is 0 Å². The van der Waals surface area contributed by atoms with Crippen molar-refractivity contribution < 1.29 is 27.9 Å². The van der Waals surface area contributed by atoms with Crippen molar-refractivity contribution in [1.29, 1.82) is 0 Å². The average molecular weight is 411 g/mol. The molecule has 0 aromatic rings. The number of ether oxygens (including phenoxy) is 1. The average Bonchev–Trinajstić information content (AvgIpc) is 3.25. The van der Waals surface area contributed by atoms with Crippen LogP contribution in [-0.2, 0) is 19.1 Å². The molecule has 3 fully saturated rings. The van der Waals surface area contributed by atoms with Crippen molar-refractivity contribution >= 4 is 17.8 Å². The fourth-order valence-electron chi connectivity index (χ4n) is 4.06. The van der Waals surface area contributed by atoms with Gasteiger partial charge in [-0.25, -0.2) is 13.6 Å². The zero-order valence-electron chi connectivity index (χ0n) is 16.2. The molecule has 0 bridgehead atoms. The number of alkyl halides is 2.